The molecule has 2 aliphatic heterocycles. The van der Waals surface area contributed by atoms with Gasteiger partial charge in [-0.3, -0.25) is 9.69 Å². The van der Waals surface area contributed by atoms with Gasteiger partial charge in [-0.1, -0.05) is 36.8 Å². The van der Waals surface area contributed by atoms with E-state index in [4.69, 9.17) is 4.74 Å². The molecule has 2 fully saturated rings. The van der Waals surface area contributed by atoms with Crippen LogP contribution in [-0.4, -0.2) is 49.2 Å². The number of hydrogen-bond donors (Lipinski definition) is 1. The van der Waals surface area contributed by atoms with E-state index in [1.807, 2.05) is 12.1 Å². The van der Waals surface area contributed by atoms with Crippen LogP contribution in [0, 0.1) is 0 Å². The summed E-state index contributed by atoms with van der Waals surface area (Å²) in [5.41, 5.74) is 6.44. The molecular weight excluding hydrogens is 384 g/mol. The molecule has 2 aromatic rings. The van der Waals surface area contributed by atoms with Crippen LogP contribution in [0.4, 0.5) is 0 Å². The largest absolute Gasteiger partial charge is 0.381 e. The molecule has 1 saturated carbocycles. The zero-order chi connectivity index (χ0) is 21.0. The molecule has 4 heteroatoms. The van der Waals surface area contributed by atoms with E-state index in [9.17, 15) is 4.79 Å². The van der Waals surface area contributed by atoms with Gasteiger partial charge >= 0.3 is 0 Å². The third-order valence-corrected chi connectivity index (χ3v) is 7.38. The van der Waals surface area contributed by atoms with E-state index in [-0.39, 0.29) is 11.9 Å². The van der Waals surface area contributed by atoms with Crippen LogP contribution in [0.25, 0.3) is 0 Å². The minimum Gasteiger partial charge on any atom is -0.381 e. The summed E-state index contributed by atoms with van der Waals surface area (Å²) < 4.78 is 5.37. The molecule has 4 nitrogen and oxygen atoms in total. The number of rotatable bonds is 5. The molecule has 0 unspecified atom stereocenters. The number of ether oxygens (including phenoxy) is 1. The molecular formula is C27H34N2O2. The molecule has 0 radical (unpaired) electrons. The van der Waals surface area contributed by atoms with E-state index in [1.165, 1.54) is 67.4 Å². The first-order valence-corrected chi connectivity index (χ1v) is 12.1. The van der Waals surface area contributed by atoms with Gasteiger partial charge in [-0.05, 0) is 79.3 Å². The van der Waals surface area contributed by atoms with Crippen LogP contribution in [0.2, 0.25) is 0 Å². The number of benzene rings is 2. The summed E-state index contributed by atoms with van der Waals surface area (Å²) in [6.07, 6.45) is 9.28. The maximum absolute atomic E-state index is 12.5. The van der Waals surface area contributed by atoms with Crippen molar-refractivity contribution in [3.8, 4) is 0 Å². The summed E-state index contributed by atoms with van der Waals surface area (Å²) in [7, 11) is 0. The molecule has 2 aromatic carbocycles. The summed E-state index contributed by atoms with van der Waals surface area (Å²) >= 11 is 0. The standard InChI is InChI=1S/C27H34N2O2/c30-27(28-25-12-16-31-17-13-25)23-8-4-20(5-9-23)18-21-6-7-22-10-14-29(26-2-1-3-26)15-11-24(22)19-21/h4-9,19,25-26H,1-3,10-18H2,(H,28,30). The smallest absolute Gasteiger partial charge is 0.251 e. The number of nitrogens with zero attached hydrogens (tertiary/aromatic N) is 1. The minimum atomic E-state index is 0.0273. The Hall–Kier alpha value is -2.17. The van der Waals surface area contributed by atoms with E-state index in [0.717, 1.165) is 44.1 Å². The lowest BCUT2D eigenvalue weighted by Gasteiger charge is -2.36. The highest BCUT2D eigenvalue weighted by Crippen LogP contribution is 2.28. The predicted molar refractivity (Wildman–Crippen MR) is 124 cm³/mol. The van der Waals surface area contributed by atoms with Crippen molar-refractivity contribution in [3.63, 3.8) is 0 Å². The lowest BCUT2D eigenvalue weighted by atomic mass is 9.91. The monoisotopic (exact) mass is 418 g/mol. The highest BCUT2D eigenvalue weighted by atomic mass is 16.5. The normalized spacial score (nSPS) is 20.5. The Morgan fingerprint density at radius 1 is 0.903 bits per heavy atom. The van der Waals surface area contributed by atoms with Crippen molar-refractivity contribution in [2.75, 3.05) is 26.3 Å². The fourth-order valence-electron chi connectivity index (χ4n) is 5.14. The molecule has 1 saturated heterocycles. The maximum Gasteiger partial charge on any atom is 0.251 e. The third kappa shape index (κ3) is 5.02. The zero-order valence-corrected chi connectivity index (χ0v) is 18.4. The van der Waals surface area contributed by atoms with Crippen LogP contribution in [0.1, 0.15) is 64.7 Å². The van der Waals surface area contributed by atoms with E-state index in [0.29, 0.717) is 0 Å². The predicted octanol–water partition coefficient (Wildman–Crippen LogP) is 4.14. The lowest BCUT2D eigenvalue weighted by Crippen LogP contribution is -2.41. The van der Waals surface area contributed by atoms with Crippen molar-refractivity contribution < 1.29 is 9.53 Å². The maximum atomic E-state index is 12.5. The number of amides is 1. The van der Waals surface area contributed by atoms with Gasteiger partial charge in [-0.15, -0.1) is 0 Å². The first-order chi connectivity index (χ1) is 15.2. The van der Waals surface area contributed by atoms with Crippen LogP contribution in [-0.2, 0) is 24.0 Å². The number of fused-ring (bicyclic) bond motifs is 1. The van der Waals surface area contributed by atoms with Crippen LogP contribution >= 0.6 is 0 Å². The van der Waals surface area contributed by atoms with Crippen molar-refractivity contribution in [1.82, 2.24) is 10.2 Å². The summed E-state index contributed by atoms with van der Waals surface area (Å²) in [5, 5.41) is 3.14. The molecule has 2 heterocycles. The number of carbonyl (C=O) groups is 1. The van der Waals surface area contributed by atoms with Gasteiger partial charge in [-0.25, -0.2) is 0 Å². The van der Waals surface area contributed by atoms with Crippen molar-refractivity contribution in [2.24, 2.45) is 0 Å². The van der Waals surface area contributed by atoms with Crippen molar-refractivity contribution in [1.29, 1.82) is 0 Å². The summed E-state index contributed by atoms with van der Waals surface area (Å²) in [5.74, 6) is 0.0273. The quantitative estimate of drug-likeness (QED) is 0.794. The topological polar surface area (TPSA) is 41.6 Å². The van der Waals surface area contributed by atoms with Gasteiger partial charge in [0.2, 0.25) is 0 Å². The Kier molecular flexibility index (Phi) is 6.37. The molecule has 1 amide bonds. The summed E-state index contributed by atoms with van der Waals surface area (Å²) in [6.45, 7) is 3.90. The van der Waals surface area contributed by atoms with Gasteiger partial charge in [-0.2, -0.15) is 0 Å². The molecule has 0 aromatic heterocycles. The summed E-state index contributed by atoms with van der Waals surface area (Å²) in [4.78, 5) is 15.2. The molecule has 1 N–H and O–H groups in total. The van der Waals surface area contributed by atoms with Gasteiger partial charge in [0.1, 0.15) is 0 Å². The van der Waals surface area contributed by atoms with Crippen LogP contribution < -0.4 is 5.32 Å². The van der Waals surface area contributed by atoms with Gasteiger partial charge in [0.25, 0.3) is 5.91 Å². The first kappa shape index (κ1) is 20.7. The number of hydrogen-bond acceptors (Lipinski definition) is 3. The van der Waals surface area contributed by atoms with Gasteiger partial charge in [0.15, 0.2) is 0 Å². The van der Waals surface area contributed by atoms with Crippen LogP contribution in [0.5, 0.6) is 0 Å². The Bertz CT molecular complexity index is 898. The van der Waals surface area contributed by atoms with E-state index in [1.54, 1.807) is 0 Å². The van der Waals surface area contributed by atoms with Crippen molar-refractivity contribution in [2.45, 2.75) is 63.5 Å². The van der Waals surface area contributed by atoms with Crippen LogP contribution in [0.3, 0.4) is 0 Å². The zero-order valence-electron chi connectivity index (χ0n) is 18.4. The molecule has 0 bridgehead atoms. The van der Waals surface area contributed by atoms with Gasteiger partial charge in [0.05, 0.1) is 0 Å². The second kappa shape index (κ2) is 9.54. The molecule has 164 valence electrons. The SMILES string of the molecule is O=C(NC1CCOCC1)c1ccc(Cc2ccc3c(c2)CCN(C2CCC2)CC3)cc1. The fourth-order valence-corrected chi connectivity index (χ4v) is 5.14. The number of carbonyl (C=O) groups excluding carboxylic acids is 1. The number of nitrogens with one attached hydrogen (secondary N) is 1. The molecule has 3 aliphatic rings. The fraction of sp³-hybridized carbons (Fsp3) is 0.519. The lowest BCUT2D eigenvalue weighted by molar-refractivity contribution is 0.0696. The van der Waals surface area contributed by atoms with Crippen LogP contribution in [0.15, 0.2) is 42.5 Å². The molecule has 0 spiro atoms. The average molecular weight is 419 g/mol. The van der Waals surface area contributed by atoms with E-state index in [2.05, 4.69) is 40.5 Å². The Morgan fingerprint density at radius 3 is 2.32 bits per heavy atom. The minimum absolute atomic E-state index is 0.0273. The van der Waals surface area contributed by atoms with Gasteiger partial charge in [0, 0.05) is 44.0 Å². The average Bonchev–Trinajstić information content (AvgIpc) is 2.96. The highest BCUT2D eigenvalue weighted by molar-refractivity contribution is 5.94. The first-order valence-electron chi connectivity index (χ1n) is 12.1. The molecule has 31 heavy (non-hydrogen) atoms. The highest BCUT2D eigenvalue weighted by Gasteiger charge is 2.26. The Morgan fingerprint density at radius 2 is 1.61 bits per heavy atom. The Balaban J connectivity index is 1.19. The Labute approximate surface area is 186 Å². The van der Waals surface area contributed by atoms with E-state index < -0.39 is 0 Å². The van der Waals surface area contributed by atoms with Gasteiger partial charge < -0.3 is 10.1 Å². The van der Waals surface area contributed by atoms with Crippen molar-refractivity contribution in [3.05, 3.63) is 70.3 Å². The molecule has 1 aliphatic carbocycles. The third-order valence-electron chi connectivity index (χ3n) is 7.38. The summed E-state index contributed by atoms with van der Waals surface area (Å²) in [6, 6.07) is 16.3. The second-order valence-corrected chi connectivity index (χ2v) is 9.46. The second-order valence-electron chi connectivity index (χ2n) is 9.46. The van der Waals surface area contributed by atoms with E-state index >= 15 is 0 Å². The van der Waals surface area contributed by atoms with Crippen molar-refractivity contribution >= 4 is 5.91 Å². The molecule has 5 rings (SSSR count). The molecule has 0 atom stereocenters.